The van der Waals surface area contributed by atoms with Crippen molar-refractivity contribution in [1.29, 1.82) is 0 Å². The molecule has 1 amide bonds. The van der Waals surface area contributed by atoms with Crippen molar-refractivity contribution in [1.82, 2.24) is 15.1 Å². The van der Waals surface area contributed by atoms with Crippen LogP contribution in [-0.2, 0) is 4.79 Å². The summed E-state index contributed by atoms with van der Waals surface area (Å²) in [5, 5.41) is 2.69. The highest BCUT2D eigenvalue weighted by Gasteiger charge is 2.39. The molecule has 1 aliphatic rings. The van der Waals surface area contributed by atoms with Crippen LogP contribution < -0.4 is 5.32 Å². The van der Waals surface area contributed by atoms with Crippen molar-refractivity contribution in [2.75, 3.05) is 26.7 Å². The molecule has 0 bridgehead atoms. The van der Waals surface area contributed by atoms with Crippen LogP contribution in [0.25, 0.3) is 0 Å². The molecule has 0 aromatic rings. The molecular weight excluding hydrogens is 355 g/mol. The number of carbonyl (C=O) groups excluding carboxylic acids is 1. The summed E-state index contributed by atoms with van der Waals surface area (Å²) >= 11 is 0. The first-order valence-electron chi connectivity index (χ1n) is 9.82. The van der Waals surface area contributed by atoms with Crippen LogP contribution in [0.3, 0.4) is 0 Å². The number of alkyl halides is 3. The Balaban J connectivity index is 0. The van der Waals surface area contributed by atoms with E-state index in [2.05, 4.69) is 24.1 Å². The van der Waals surface area contributed by atoms with E-state index >= 15 is 0 Å². The Labute approximate surface area is 164 Å². The van der Waals surface area contributed by atoms with Gasteiger partial charge in [-0.2, -0.15) is 0 Å². The van der Waals surface area contributed by atoms with Gasteiger partial charge in [-0.25, -0.2) is 13.2 Å². The first-order valence-corrected chi connectivity index (χ1v) is 9.82. The van der Waals surface area contributed by atoms with Crippen LogP contribution in [0.1, 0.15) is 68.7 Å². The fourth-order valence-electron chi connectivity index (χ4n) is 2.01. The number of likely N-dealkylation sites (tertiary alicyclic amines) is 1. The maximum absolute atomic E-state index is 12.8. The quantitative estimate of drug-likeness (QED) is 0.724. The average molecular weight is 398 g/mol. The van der Waals surface area contributed by atoms with E-state index in [4.69, 9.17) is 0 Å². The third-order valence-corrected chi connectivity index (χ3v) is 4.35. The molecule has 1 fully saturated rings. The minimum absolute atomic E-state index is 0.0906. The molecule has 0 unspecified atom stereocenters. The van der Waals surface area contributed by atoms with Gasteiger partial charge in [0.05, 0.1) is 6.54 Å². The Morgan fingerprint density at radius 2 is 1.63 bits per heavy atom. The first-order chi connectivity index (χ1) is 12.0. The highest BCUT2D eigenvalue weighted by Crippen LogP contribution is 2.25. The lowest BCUT2D eigenvalue weighted by atomic mass is 9.97. The first kappa shape index (κ1) is 28.4. The normalized spacial score (nSPS) is 16.3. The van der Waals surface area contributed by atoms with Crippen LogP contribution in [0.5, 0.6) is 0 Å². The fourth-order valence-corrected chi connectivity index (χ4v) is 2.01. The monoisotopic (exact) mass is 397 g/mol. The van der Waals surface area contributed by atoms with Crippen molar-refractivity contribution in [3.05, 3.63) is 0 Å². The van der Waals surface area contributed by atoms with Gasteiger partial charge in [0.15, 0.2) is 0 Å². The minimum atomic E-state index is -2.54. The molecule has 0 aromatic heterocycles. The molecule has 0 atom stereocenters. The number of amides is 1. The van der Waals surface area contributed by atoms with Crippen LogP contribution in [0.4, 0.5) is 13.2 Å². The van der Waals surface area contributed by atoms with Gasteiger partial charge in [0.1, 0.15) is 5.67 Å². The third-order valence-electron chi connectivity index (χ3n) is 4.35. The largest absolute Gasteiger partial charge is 0.344 e. The van der Waals surface area contributed by atoms with E-state index in [1.807, 2.05) is 27.7 Å². The third kappa shape index (κ3) is 14.9. The molecule has 0 spiro atoms. The summed E-state index contributed by atoms with van der Waals surface area (Å²) in [6.45, 7) is 17.6. The molecule has 0 radical (unpaired) electrons. The summed E-state index contributed by atoms with van der Waals surface area (Å²) in [5.74, 6) is -2.41. The van der Waals surface area contributed by atoms with Crippen LogP contribution in [-0.4, -0.2) is 72.1 Å². The molecule has 0 saturated carbocycles. The maximum atomic E-state index is 12.8. The molecule has 1 N–H and O–H groups in total. The lowest BCUT2D eigenvalue weighted by Crippen LogP contribution is -2.59. The van der Waals surface area contributed by atoms with E-state index in [1.165, 1.54) is 6.92 Å². The van der Waals surface area contributed by atoms with Gasteiger partial charge in [-0.05, 0) is 34.6 Å². The molecular formula is C20H42F3N3O. The topological polar surface area (TPSA) is 35.6 Å². The van der Waals surface area contributed by atoms with Crippen LogP contribution >= 0.6 is 0 Å². The molecule has 7 heteroatoms. The molecule has 4 nitrogen and oxygen atoms in total. The van der Waals surface area contributed by atoms with Gasteiger partial charge < -0.3 is 10.2 Å². The number of rotatable bonds is 6. The van der Waals surface area contributed by atoms with Gasteiger partial charge in [-0.15, -0.1) is 0 Å². The van der Waals surface area contributed by atoms with E-state index in [9.17, 15) is 18.0 Å². The number of hydrogen-bond donors (Lipinski definition) is 1. The average Bonchev–Trinajstić information content (AvgIpc) is 2.50. The molecule has 164 valence electrons. The summed E-state index contributed by atoms with van der Waals surface area (Å²) in [4.78, 5) is 14.3. The summed E-state index contributed by atoms with van der Waals surface area (Å²) in [7, 11) is 1.80. The smallest absolute Gasteiger partial charge is 0.260 e. The van der Waals surface area contributed by atoms with Gasteiger partial charge in [0.25, 0.3) is 5.92 Å². The maximum Gasteiger partial charge on any atom is 0.260 e. The SMILES string of the molecule is CC(=O)N(C)C(C)C.CC(C)N1CC(C)(F)C1.CCC(F)(F)CNC(C)C. The number of nitrogens with one attached hydrogen (secondary N) is 1. The van der Waals surface area contributed by atoms with E-state index < -0.39 is 11.6 Å². The minimum Gasteiger partial charge on any atom is -0.344 e. The predicted octanol–water partition coefficient (Wildman–Crippen LogP) is 4.34. The zero-order valence-electron chi connectivity index (χ0n) is 19.0. The second kappa shape index (κ2) is 12.6. The summed E-state index contributed by atoms with van der Waals surface area (Å²) in [6, 6.07) is 0.971. The van der Waals surface area contributed by atoms with Gasteiger partial charge in [0.2, 0.25) is 5.91 Å². The predicted molar refractivity (Wildman–Crippen MR) is 108 cm³/mol. The highest BCUT2D eigenvalue weighted by molar-refractivity contribution is 5.73. The highest BCUT2D eigenvalue weighted by atomic mass is 19.3. The van der Waals surface area contributed by atoms with Crippen molar-refractivity contribution in [3.63, 3.8) is 0 Å². The second-order valence-corrected chi connectivity index (χ2v) is 8.38. The van der Waals surface area contributed by atoms with E-state index in [0.717, 1.165) is 0 Å². The van der Waals surface area contributed by atoms with Crippen molar-refractivity contribution < 1.29 is 18.0 Å². The summed E-state index contributed by atoms with van der Waals surface area (Å²) in [5.41, 5.74) is -0.899. The van der Waals surface area contributed by atoms with E-state index in [-0.39, 0.29) is 24.9 Å². The fraction of sp³-hybridized carbons (Fsp3) is 0.950. The standard InChI is InChI=1S/C7H15F2N.C7H14FN.C6H13NO/c1-4-7(8,9)5-10-6(2)3;1-6(2)9-4-7(3,8)5-9;1-5(2)7(4)6(3)8/h6,10H,4-5H2,1-3H3;6H,4-5H2,1-3H3;5H,1-4H3. The summed E-state index contributed by atoms with van der Waals surface area (Å²) in [6.07, 6.45) is -0.0906. The Morgan fingerprint density at radius 3 is 1.78 bits per heavy atom. The molecule has 1 heterocycles. The Bertz CT molecular complexity index is 405. The van der Waals surface area contributed by atoms with Gasteiger partial charge in [0, 0.05) is 51.6 Å². The number of halogens is 3. The van der Waals surface area contributed by atoms with Crippen molar-refractivity contribution in [2.24, 2.45) is 0 Å². The lowest BCUT2D eigenvalue weighted by molar-refractivity contribution is -0.128. The van der Waals surface area contributed by atoms with Crippen LogP contribution in [0.2, 0.25) is 0 Å². The number of carbonyl (C=O) groups is 1. The molecule has 27 heavy (non-hydrogen) atoms. The van der Waals surface area contributed by atoms with Crippen molar-refractivity contribution in [3.8, 4) is 0 Å². The van der Waals surface area contributed by atoms with Gasteiger partial charge in [-0.3, -0.25) is 9.69 Å². The Hall–Kier alpha value is -0.820. The molecule has 1 aliphatic heterocycles. The molecule has 1 saturated heterocycles. The van der Waals surface area contributed by atoms with Gasteiger partial charge in [-0.1, -0.05) is 20.8 Å². The summed E-state index contributed by atoms with van der Waals surface area (Å²) < 4.78 is 37.7. The lowest BCUT2D eigenvalue weighted by Gasteiger charge is -2.44. The van der Waals surface area contributed by atoms with Crippen LogP contribution in [0, 0.1) is 0 Å². The van der Waals surface area contributed by atoms with E-state index in [1.54, 1.807) is 25.8 Å². The van der Waals surface area contributed by atoms with Gasteiger partial charge >= 0.3 is 0 Å². The number of hydrogen-bond acceptors (Lipinski definition) is 3. The number of nitrogens with zero attached hydrogens (tertiary/aromatic N) is 2. The Morgan fingerprint density at radius 1 is 1.19 bits per heavy atom. The van der Waals surface area contributed by atoms with Crippen LogP contribution in [0.15, 0.2) is 0 Å². The zero-order valence-corrected chi connectivity index (χ0v) is 19.0. The van der Waals surface area contributed by atoms with Crippen molar-refractivity contribution >= 4 is 5.91 Å². The van der Waals surface area contributed by atoms with E-state index in [0.29, 0.717) is 25.2 Å². The second-order valence-electron chi connectivity index (χ2n) is 8.38. The van der Waals surface area contributed by atoms with Crippen molar-refractivity contribution in [2.45, 2.75) is 98.5 Å². The molecule has 1 rings (SSSR count). The zero-order chi connectivity index (χ0) is 22.0. The molecule has 0 aliphatic carbocycles. The Kier molecular flexibility index (Phi) is 13.3. The molecule has 0 aromatic carbocycles.